The molecule has 3 aromatic rings. The number of fused-ring (bicyclic) bond motifs is 1. The zero-order valence-corrected chi connectivity index (χ0v) is 11.2. The summed E-state index contributed by atoms with van der Waals surface area (Å²) in [7, 11) is 0. The van der Waals surface area contributed by atoms with Crippen molar-refractivity contribution in [1.29, 1.82) is 0 Å². The first-order valence-corrected chi connectivity index (χ1v) is 6.83. The summed E-state index contributed by atoms with van der Waals surface area (Å²) in [5, 5.41) is 13.1. The minimum atomic E-state index is -0.106. The van der Waals surface area contributed by atoms with Crippen LogP contribution in [-0.2, 0) is 0 Å². The van der Waals surface area contributed by atoms with E-state index >= 15 is 0 Å². The van der Waals surface area contributed by atoms with E-state index in [1.807, 2.05) is 24.3 Å². The molecule has 21 heavy (non-hydrogen) atoms. The fourth-order valence-corrected chi connectivity index (χ4v) is 2.48. The summed E-state index contributed by atoms with van der Waals surface area (Å²) in [6.07, 6.45) is 5.17. The van der Waals surface area contributed by atoms with Gasteiger partial charge in [0.2, 0.25) is 5.78 Å². The van der Waals surface area contributed by atoms with Crippen LogP contribution in [0.15, 0.2) is 42.9 Å². The summed E-state index contributed by atoms with van der Waals surface area (Å²) in [5.74, 6) is -0.106. The van der Waals surface area contributed by atoms with E-state index in [-0.39, 0.29) is 5.78 Å². The fraction of sp³-hybridized carbons (Fsp3) is 0.200. The molecule has 0 atom stereocenters. The van der Waals surface area contributed by atoms with Gasteiger partial charge in [0.1, 0.15) is 0 Å². The molecule has 1 N–H and O–H groups in total. The van der Waals surface area contributed by atoms with Crippen LogP contribution in [0.2, 0.25) is 0 Å². The van der Waals surface area contributed by atoms with Gasteiger partial charge >= 0.3 is 0 Å². The lowest BCUT2D eigenvalue weighted by molar-refractivity contribution is 0.103. The van der Waals surface area contributed by atoms with E-state index in [0.29, 0.717) is 17.3 Å². The zero-order chi connectivity index (χ0) is 14.2. The molecule has 0 unspecified atom stereocenters. The van der Waals surface area contributed by atoms with Gasteiger partial charge in [-0.2, -0.15) is 0 Å². The minimum Gasteiger partial charge on any atom is -0.312 e. The van der Waals surface area contributed by atoms with Crippen molar-refractivity contribution in [2.45, 2.75) is 6.04 Å². The van der Waals surface area contributed by atoms with Gasteiger partial charge in [-0.3, -0.25) is 9.78 Å². The van der Waals surface area contributed by atoms with E-state index in [9.17, 15) is 4.79 Å². The van der Waals surface area contributed by atoms with Gasteiger partial charge in [-0.25, -0.2) is 4.68 Å². The Labute approximate surface area is 120 Å². The Balaban J connectivity index is 1.74. The van der Waals surface area contributed by atoms with Crippen molar-refractivity contribution in [2.75, 3.05) is 13.1 Å². The first-order valence-electron chi connectivity index (χ1n) is 6.83. The second-order valence-electron chi connectivity index (χ2n) is 5.13. The average Bonchev–Trinajstić information content (AvgIpc) is 2.93. The van der Waals surface area contributed by atoms with Crippen LogP contribution in [0.1, 0.15) is 22.1 Å². The zero-order valence-electron chi connectivity index (χ0n) is 11.2. The van der Waals surface area contributed by atoms with Crippen molar-refractivity contribution in [3.8, 4) is 0 Å². The molecule has 1 aromatic carbocycles. The molecule has 1 aliphatic rings. The molecule has 6 nitrogen and oxygen atoms in total. The lowest BCUT2D eigenvalue weighted by Crippen LogP contribution is -2.43. The van der Waals surface area contributed by atoms with E-state index in [2.05, 4.69) is 20.6 Å². The van der Waals surface area contributed by atoms with Crippen LogP contribution in [0.25, 0.3) is 10.8 Å². The second-order valence-corrected chi connectivity index (χ2v) is 5.13. The molecule has 0 aliphatic carbocycles. The highest BCUT2D eigenvalue weighted by Gasteiger charge is 2.22. The minimum absolute atomic E-state index is 0.106. The molecular formula is C15H13N5O. The highest BCUT2D eigenvalue weighted by Crippen LogP contribution is 2.20. The predicted molar refractivity (Wildman–Crippen MR) is 77.1 cm³/mol. The predicted octanol–water partition coefficient (Wildman–Crippen LogP) is 1.20. The molecule has 0 saturated carbocycles. The van der Waals surface area contributed by atoms with Gasteiger partial charge in [-0.15, -0.1) is 5.10 Å². The van der Waals surface area contributed by atoms with Crippen LogP contribution >= 0.6 is 0 Å². The number of aromatic nitrogens is 4. The molecule has 0 radical (unpaired) electrons. The van der Waals surface area contributed by atoms with Gasteiger partial charge in [0, 0.05) is 36.4 Å². The summed E-state index contributed by atoms with van der Waals surface area (Å²) in [5.41, 5.74) is 1.01. The van der Waals surface area contributed by atoms with Gasteiger partial charge in [0.25, 0.3) is 0 Å². The Morgan fingerprint density at radius 1 is 1.29 bits per heavy atom. The van der Waals surface area contributed by atoms with Crippen LogP contribution in [-0.4, -0.2) is 38.9 Å². The largest absolute Gasteiger partial charge is 0.312 e. The van der Waals surface area contributed by atoms with Crippen molar-refractivity contribution in [1.82, 2.24) is 25.3 Å². The van der Waals surface area contributed by atoms with E-state index in [1.54, 1.807) is 23.3 Å². The molecule has 0 bridgehead atoms. The molecule has 0 amide bonds. The third kappa shape index (κ3) is 2.00. The monoisotopic (exact) mass is 279 g/mol. The summed E-state index contributed by atoms with van der Waals surface area (Å²) >= 11 is 0. The first kappa shape index (κ1) is 12.2. The SMILES string of the molecule is O=C(c1cn(C2CNC2)nn1)c1cccc2cnccc12. The lowest BCUT2D eigenvalue weighted by Gasteiger charge is -2.26. The Hall–Kier alpha value is -2.60. The molecule has 4 rings (SSSR count). The topological polar surface area (TPSA) is 72.7 Å². The summed E-state index contributed by atoms with van der Waals surface area (Å²) in [6, 6.07) is 7.76. The Morgan fingerprint density at radius 3 is 3.00 bits per heavy atom. The van der Waals surface area contributed by atoms with E-state index in [1.165, 1.54) is 0 Å². The maximum atomic E-state index is 12.7. The van der Waals surface area contributed by atoms with Crippen LogP contribution < -0.4 is 5.32 Å². The Kier molecular flexibility index (Phi) is 2.75. The molecule has 3 heterocycles. The van der Waals surface area contributed by atoms with Crippen LogP contribution in [0, 0.1) is 0 Å². The van der Waals surface area contributed by atoms with Crippen molar-refractivity contribution in [3.05, 3.63) is 54.1 Å². The van der Waals surface area contributed by atoms with E-state index in [4.69, 9.17) is 0 Å². The normalized spacial score (nSPS) is 15.0. The van der Waals surface area contributed by atoms with Crippen LogP contribution in [0.4, 0.5) is 0 Å². The molecule has 1 aliphatic heterocycles. The Bertz CT molecular complexity index is 816. The number of carbonyl (C=O) groups is 1. The van der Waals surface area contributed by atoms with Gasteiger partial charge in [0.15, 0.2) is 5.69 Å². The molecule has 1 saturated heterocycles. The smallest absolute Gasteiger partial charge is 0.215 e. The molecule has 6 heteroatoms. The third-order valence-electron chi connectivity index (χ3n) is 3.80. The molecular weight excluding hydrogens is 266 g/mol. The van der Waals surface area contributed by atoms with Crippen LogP contribution in [0.3, 0.4) is 0 Å². The van der Waals surface area contributed by atoms with E-state index < -0.39 is 0 Å². The van der Waals surface area contributed by atoms with Crippen molar-refractivity contribution < 1.29 is 4.79 Å². The van der Waals surface area contributed by atoms with Gasteiger partial charge in [-0.05, 0) is 11.5 Å². The van der Waals surface area contributed by atoms with Gasteiger partial charge < -0.3 is 5.32 Å². The maximum absolute atomic E-state index is 12.7. The number of pyridine rings is 1. The number of nitrogens with zero attached hydrogens (tertiary/aromatic N) is 4. The number of hydrogen-bond donors (Lipinski definition) is 1. The number of rotatable bonds is 3. The van der Waals surface area contributed by atoms with Gasteiger partial charge in [-0.1, -0.05) is 23.4 Å². The summed E-state index contributed by atoms with van der Waals surface area (Å²) in [6.45, 7) is 1.74. The number of ketones is 1. The van der Waals surface area contributed by atoms with Crippen molar-refractivity contribution in [2.24, 2.45) is 0 Å². The lowest BCUT2D eigenvalue weighted by atomic mass is 10.0. The molecule has 0 spiro atoms. The second kappa shape index (κ2) is 4.75. The van der Waals surface area contributed by atoms with Crippen LogP contribution in [0.5, 0.6) is 0 Å². The Morgan fingerprint density at radius 2 is 2.19 bits per heavy atom. The number of hydrogen-bond acceptors (Lipinski definition) is 5. The number of carbonyl (C=O) groups excluding carboxylic acids is 1. The van der Waals surface area contributed by atoms with Crippen molar-refractivity contribution >= 4 is 16.6 Å². The molecule has 2 aromatic heterocycles. The highest BCUT2D eigenvalue weighted by atomic mass is 16.1. The number of nitrogens with one attached hydrogen (secondary N) is 1. The van der Waals surface area contributed by atoms with Crippen molar-refractivity contribution in [3.63, 3.8) is 0 Å². The highest BCUT2D eigenvalue weighted by molar-refractivity contribution is 6.15. The van der Waals surface area contributed by atoms with E-state index in [0.717, 1.165) is 23.9 Å². The van der Waals surface area contributed by atoms with Gasteiger partial charge in [0.05, 0.1) is 12.2 Å². The third-order valence-corrected chi connectivity index (χ3v) is 3.80. The molecule has 1 fully saturated rings. The quantitative estimate of drug-likeness (QED) is 0.729. The summed E-state index contributed by atoms with van der Waals surface area (Å²) < 4.78 is 1.76. The average molecular weight is 279 g/mol. The number of benzene rings is 1. The standard InChI is InChI=1S/C15H13N5O/c21-15(14-9-20(19-18-14)11-7-17-8-11)13-3-1-2-10-6-16-5-4-12(10)13/h1-6,9,11,17H,7-8H2. The summed E-state index contributed by atoms with van der Waals surface area (Å²) in [4.78, 5) is 16.7. The maximum Gasteiger partial charge on any atom is 0.215 e. The fourth-order valence-electron chi connectivity index (χ4n) is 2.48. The molecule has 104 valence electrons. The first-order chi connectivity index (χ1) is 10.3.